The number of carbonyl (C=O) groups is 2. The zero-order valence-corrected chi connectivity index (χ0v) is 10.6. The van der Waals surface area contributed by atoms with Crippen LogP contribution in [0.4, 0.5) is 5.69 Å². The van der Waals surface area contributed by atoms with Crippen molar-refractivity contribution in [3.05, 3.63) is 29.8 Å². The molecule has 1 aromatic rings. The predicted molar refractivity (Wildman–Crippen MR) is 69.2 cm³/mol. The van der Waals surface area contributed by atoms with Gasteiger partial charge in [-0.2, -0.15) is 0 Å². The molecule has 0 fully saturated rings. The van der Waals surface area contributed by atoms with E-state index < -0.39 is 0 Å². The molecule has 2 amide bonds. The van der Waals surface area contributed by atoms with Gasteiger partial charge in [0.1, 0.15) is 0 Å². The molecule has 0 aliphatic carbocycles. The maximum Gasteiger partial charge on any atom is 0.254 e. The number of amides is 2. The fourth-order valence-corrected chi connectivity index (χ4v) is 1.90. The Labute approximate surface area is 106 Å². The summed E-state index contributed by atoms with van der Waals surface area (Å²) in [6.07, 6.45) is 0.806. The van der Waals surface area contributed by atoms with Crippen LogP contribution in [0.5, 0.6) is 0 Å². The van der Waals surface area contributed by atoms with Crippen LogP contribution < -0.4 is 10.6 Å². The molecule has 96 valence electrons. The zero-order valence-electron chi connectivity index (χ0n) is 10.6. The Morgan fingerprint density at radius 2 is 2.00 bits per heavy atom. The highest BCUT2D eigenvalue weighted by molar-refractivity contribution is 6.01. The van der Waals surface area contributed by atoms with Gasteiger partial charge >= 0.3 is 0 Å². The van der Waals surface area contributed by atoms with Crippen LogP contribution in [0.3, 0.4) is 0 Å². The number of para-hydroxylation sites is 1. The fraction of sp³-hybridized carbons (Fsp3) is 0.385. The van der Waals surface area contributed by atoms with Crippen molar-refractivity contribution in [3.8, 4) is 0 Å². The summed E-state index contributed by atoms with van der Waals surface area (Å²) in [5, 5.41) is 6.07. The lowest BCUT2D eigenvalue weighted by molar-refractivity contribution is -0.128. The Bertz CT molecular complexity index is 471. The van der Waals surface area contributed by atoms with Crippen molar-refractivity contribution in [2.45, 2.75) is 19.0 Å². The van der Waals surface area contributed by atoms with Gasteiger partial charge in [0.15, 0.2) is 0 Å². The van der Waals surface area contributed by atoms with E-state index in [1.54, 1.807) is 25.1 Å². The summed E-state index contributed by atoms with van der Waals surface area (Å²) in [5.41, 5.74) is 1.47. The van der Waals surface area contributed by atoms with Crippen LogP contribution in [0.1, 0.15) is 23.2 Å². The first-order valence-corrected chi connectivity index (χ1v) is 5.94. The van der Waals surface area contributed by atoms with Crippen molar-refractivity contribution >= 4 is 17.5 Å². The molecule has 1 atom stereocenters. The number of nitrogens with zero attached hydrogens (tertiary/aromatic N) is 1. The normalized spacial score (nSPS) is 17.4. The van der Waals surface area contributed by atoms with E-state index in [1.807, 2.05) is 18.2 Å². The number of fused-ring (bicyclic) bond motifs is 1. The molecule has 0 saturated heterocycles. The SMILES string of the molecule is CN(C)C(=O)CCC1NC(=O)c2ccccc2N1. The number of hydrogen-bond donors (Lipinski definition) is 2. The summed E-state index contributed by atoms with van der Waals surface area (Å²) in [7, 11) is 3.45. The molecule has 0 spiro atoms. The summed E-state index contributed by atoms with van der Waals surface area (Å²) in [5.74, 6) is -0.0310. The van der Waals surface area contributed by atoms with E-state index in [-0.39, 0.29) is 18.0 Å². The molecule has 0 aromatic heterocycles. The first kappa shape index (κ1) is 12.4. The number of rotatable bonds is 3. The first-order chi connectivity index (χ1) is 8.58. The van der Waals surface area contributed by atoms with Crippen molar-refractivity contribution in [3.63, 3.8) is 0 Å². The Kier molecular flexibility index (Phi) is 3.50. The second-order valence-corrected chi connectivity index (χ2v) is 4.54. The highest BCUT2D eigenvalue weighted by atomic mass is 16.2. The van der Waals surface area contributed by atoms with E-state index in [1.165, 1.54) is 0 Å². The molecule has 5 nitrogen and oxygen atoms in total. The van der Waals surface area contributed by atoms with Crippen LogP contribution in [0.25, 0.3) is 0 Å². The van der Waals surface area contributed by atoms with Gasteiger partial charge in [-0.3, -0.25) is 9.59 Å². The first-order valence-electron chi connectivity index (χ1n) is 5.94. The summed E-state index contributed by atoms with van der Waals surface area (Å²) in [4.78, 5) is 24.9. The van der Waals surface area contributed by atoms with Gasteiger partial charge < -0.3 is 15.5 Å². The Balaban J connectivity index is 1.99. The van der Waals surface area contributed by atoms with Gasteiger partial charge in [0, 0.05) is 26.2 Å². The third-order valence-corrected chi connectivity index (χ3v) is 2.95. The average Bonchev–Trinajstić information content (AvgIpc) is 2.36. The minimum absolute atomic E-state index is 0.0601. The maximum absolute atomic E-state index is 11.8. The molecule has 0 bridgehead atoms. The van der Waals surface area contributed by atoms with Crippen molar-refractivity contribution < 1.29 is 9.59 Å². The van der Waals surface area contributed by atoms with Crippen LogP contribution in [0.2, 0.25) is 0 Å². The maximum atomic E-state index is 11.8. The number of benzene rings is 1. The molecule has 2 rings (SSSR count). The van der Waals surface area contributed by atoms with Gasteiger partial charge in [-0.25, -0.2) is 0 Å². The number of anilines is 1. The van der Waals surface area contributed by atoms with E-state index in [9.17, 15) is 9.59 Å². The Hall–Kier alpha value is -2.04. The van der Waals surface area contributed by atoms with E-state index in [0.717, 1.165) is 5.69 Å². The highest BCUT2D eigenvalue weighted by Gasteiger charge is 2.23. The molecule has 0 radical (unpaired) electrons. The molecule has 2 N–H and O–H groups in total. The van der Waals surface area contributed by atoms with Crippen LogP contribution in [-0.2, 0) is 4.79 Å². The molecule has 1 unspecified atom stereocenters. The predicted octanol–water partition coefficient (Wildman–Crippen LogP) is 1.04. The van der Waals surface area contributed by atoms with Crippen LogP contribution >= 0.6 is 0 Å². The monoisotopic (exact) mass is 247 g/mol. The molecule has 1 aliphatic rings. The van der Waals surface area contributed by atoms with Crippen molar-refractivity contribution in [2.75, 3.05) is 19.4 Å². The smallest absolute Gasteiger partial charge is 0.254 e. The van der Waals surface area contributed by atoms with Crippen molar-refractivity contribution in [2.24, 2.45) is 0 Å². The minimum atomic E-state index is -0.184. The van der Waals surface area contributed by atoms with Crippen molar-refractivity contribution in [1.29, 1.82) is 0 Å². The van der Waals surface area contributed by atoms with Gasteiger partial charge in [0.05, 0.1) is 11.7 Å². The van der Waals surface area contributed by atoms with Crippen LogP contribution in [0, 0.1) is 0 Å². The lowest BCUT2D eigenvalue weighted by atomic mass is 10.1. The second kappa shape index (κ2) is 5.08. The molecular weight excluding hydrogens is 230 g/mol. The summed E-state index contributed by atoms with van der Waals surface area (Å²) in [6.45, 7) is 0. The summed E-state index contributed by atoms with van der Waals surface area (Å²) < 4.78 is 0. The largest absolute Gasteiger partial charge is 0.365 e. The van der Waals surface area contributed by atoms with Gasteiger partial charge in [0.25, 0.3) is 5.91 Å². The van der Waals surface area contributed by atoms with E-state index in [2.05, 4.69) is 10.6 Å². The Morgan fingerprint density at radius 1 is 1.28 bits per heavy atom. The standard InChI is InChI=1S/C13H17N3O2/c1-16(2)12(17)8-7-11-14-10-6-4-3-5-9(10)13(18)15-11/h3-6,11,14H,7-8H2,1-2H3,(H,15,18). The quantitative estimate of drug-likeness (QED) is 0.839. The molecule has 1 heterocycles. The topological polar surface area (TPSA) is 61.4 Å². The number of hydrogen-bond acceptors (Lipinski definition) is 3. The fourth-order valence-electron chi connectivity index (χ4n) is 1.90. The highest BCUT2D eigenvalue weighted by Crippen LogP contribution is 2.20. The molecule has 1 aromatic carbocycles. The van der Waals surface area contributed by atoms with Gasteiger partial charge in [-0.1, -0.05) is 12.1 Å². The molecule has 18 heavy (non-hydrogen) atoms. The molecule has 0 saturated carbocycles. The van der Waals surface area contributed by atoms with Crippen LogP contribution in [-0.4, -0.2) is 37.0 Å². The molecule has 1 aliphatic heterocycles. The lowest BCUT2D eigenvalue weighted by Crippen LogP contribution is -2.45. The summed E-state index contributed by atoms with van der Waals surface area (Å²) in [6, 6.07) is 7.36. The van der Waals surface area contributed by atoms with E-state index in [0.29, 0.717) is 18.4 Å². The Morgan fingerprint density at radius 3 is 2.72 bits per heavy atom. The lowest BCUT2D eigenvalue weighted by Gasteiger charge is -2.27. The average molecular weight is 247 g/mol. The summed E-state index contributed by atoms with van der Waals surface area (Å²) >= 11 is 0. The zero-order chi connectivity index (χ0) is 13.1. The van der Waals surface area contributed by atoms with Gasteiger partial charge in [0.2, 0.25) is 5.91 Å². The minimum Gasteiger partial charge on any atom is -0.365 e. The van der Waals surface area contributed by atoms with Gasteiger partial charge in [-0.05, 0) is 18.6 Å². The number of nitrogens with one attached hydrogen (secondary N) is 2. The molecule has 5 heteroatoms. The number of carbonyl (C=O) groups excluding carboxylic acids is 2. The van der Waals surface area contributed by atoms with Crippen LogP contribution in [0.15, 0.2) is 24.3 Å². The van der Waals surface area contributed by atoms with Gasteiger partial charge in [-0.15, -0.1) is 0 Å². The third-order valence-electron chi connectivity index (χ3n) is 2.95. The van der Waals surface area contributed by atoms with E-state index in [4.69, 9.17) is 0 Å². The van der Waals surface area contributed by atoms with E-state index >= 15 is 0 Å². The second-order valence-electron chi connectivity index (χ2n) is 4.54. The third kappa shape index (κ3) is 2.61. The van der Waals surface area contributed by atoms with Crippen molar-refractivity contribution in [1.82, 2.24) is 10.2 Å². The molecular formula is C13H17N3O2.